The number of hydrogen-bond donors (Lipinski definition) is 6. The molecule has 1 aliphatic heterocycles. The summed E-state index contributed by atoms with van der Waals surface area (Å²) in [6.07, 6.45) is 1.75. The number of carboxylic acids is 1. The van der Waals surface area contributed by atoms with Gasteiger partial charge < -0.3 is 26.2 Å². The zero-order valence-electron chi connectivity index (χ0n) is 17.5. The number of phenolic OH excluding ortho intramolecular Hbond substituents is 1. The van der Waals surface area contributed by atoms with Crippen LogP contribution in [0.15, 0.2) is 40.9 Å². The van der Waals surface area contributed by atoms with Crippen molar-refractivity contribution < 1.29 is 24.6 Å². The van der Waals surface area contributed by atoms with Crippen molar-refractivity contribution in [3.63, 3.8) is 0 Å². The number of hydrogen-bond acceptors (Lipinski definition) is 6. The Labute approximate surface area is 204 Å². The van der Waals surface area contributed by atoms with Gasteiger partial charge >= 0.3 is 5.97 Å². The van der Waals surface area contributed by atoms with Gasteiger partial charge in [-0.15, -0.1) is 0 Å². The van der Waals surface area contributed by atoms with Gasteiger partial charge in [0.2, 0.25) is 5.91 Å². The molecule has 9 nitrogen and oxygen atoms in total. The second kappa shape index (κ2) is 11.4. The third-order valence-electron chi connectivity index (χ3n) is 5.08. The number of aliphatic carboxylic acids is 1. The highest BCUT2D eigenvalue weighted by Gasteiger charge is 2.23. The number of carboxylic acid groups (broad SMARTS) is 1. The van der Waals surface area contributed by atoms with Gasteiger partial charge in [-0.1, -0.05) is 17.7 Å². The number of nitrogens with one attached hydrogen (secondary N) is 4. The monoisotopic (exact) mass is 538 g/mol. The van der Waals surface area contributed by atoms with E-state index in [0.717, 1.165) is 25.1 Å². The number of benzene rings is 2. The molecular weight excluding hydrogens is 516 g/mol. The van der Waals surface area contributed by atoms with Crippen LogP contribution in [-0.4, -0.2) is 47.3 Å². The number of amides is 2. The highest BCUT2D eigenvalue weighted by Crippen LogP contribution is 2.36. The van der Waals surface area contributed by atoms with Crippen LogP contribution in [0, 0.1) is 0 Å². The topological polar surface area (TPSA) is 140 Å². The lowest BCUT2D eigenvalue weighted by Crippen LogP contribution is -2.39. The minimum absolute atomic E-state index is 0.149. The Hall–Kier alpha value is -2.82. The smallest absolute Gasteiger partial charge is 0.305 e. The Balaban J connectivity index is 1.62. The van der Waals surface area contributed by atoms with Crippen LogP contribution in [-0.2, 0) is 9.59 Å². The molecule has 2 aromatic carbocycles. The van der Waals surface area contributed by atoms with Crippen LogP contribution in [0.4, 0.5) is 5.69 Å². The van der Waals surface area contributed by atoms with Crippen molar-refractivity contribution in [2.75, 3.05) is 18.4 Å². The number of carbonyl (C=O) groups is 3. The van der Waals surface area contributed by atoms with Crippen LogP contribution >= 0.6 is 27.5 Å². The summed E-state index contributed by atoms with van der Waals surface area (Å²) in [6.45, 7) is 0.568. The average molecular weight is 540 g/mol. The van der Waals surface area contributed by atoms with Crippen LogP contribution < -0.4 is 21.3 Å². The molecule has 2 aromatic rings. The van der Waals surface area contributed by atoms with E-state index < -0.39 is 30.2 Å². The quantitative estimate of drug-likeness (QED) is 0.288. The van der Waals surface area contributed by atoms with Gasteiger partial charge in [-0.3, -0.25) is 19.7 Å². The fourth-order valence-electron chi connectivity index (χ4n) is 3.53. The summed E-state index contributed by atoms with van der Waals surface area (Å²) in [7, 11) is 0. The van der Waals surface area contributed by atoms with E-state index in [4.69, 9.17) is 11.6 Å². The van der Waals surface area contributed by atoms with Crippen LogP contribution in [0.1, 0.15) is 41.2 Å². The zero-order chi connectivity index (χ0) is 24.0. The summed E-state index contributed by atoms with van der Waals surface area (Å²) in [5, 5.41) is 31.5. The summed E-state index contributed by atoms with van der Waals surface area (Å²) in [5.41, 5.74) is 1.31. The molecule has 0 bridgehead atoms. The van der Waals surface area contributed by atoms with Gasteiger partial charge in [-0.2, -0.15) is 0 Å². The van der Waals surface area contributed by atoms with Crippen molar-refractivity contribution in [3.05, 3.63) is 57.0 Å². The molecular formula is C22H24BrClN4O5. The van der Waals surface area contributed by atoms with E-state index in [1.807, 2.05) is 6.07 Å². The number of phenols is 1. The van der Waals surface area contributed by atoms with E-state index in [9.17, 15) is 24.6 Å². The molecule has 0 saturated carbocycles. The van der Waals surface area contributed by atoms with E-state index in [1.54, 1.807) is 18.2 Å². The maximum atomic E-state index is 12.5. The number of anilines is 1. The third-order valence-corrected chi connectivity index (χ3v) is 5.91. The van der Waals surface area contributed by atoms with Gasteiger partial charge in [-0.05, 0) is 65.6 Å². The standard InChI is InChI=1S/C22H24BrClN4O5/c23-16-9-13(24)8-15(21(16)32)17(10-20(30)31)28-19(29)11-26-22(33)12-3-1-4-14(7-12)27-18-5-2-6-25-18/h1,3-4,7-9,17-18,25,27,32H,2,5-6,10-11H2,(H,26,33)(H,28,29)(H,30,31). The Kier molecular flexibility index (Phi) is 8.54. The van der Waals surface area contributed by atoms with Crippen molar-refractivity contribution in [3.8, 4) is 5.75 Å². The van der Waals surface area contributed by atoms with E-state index in [0.29, 0.717) is 5.56 Å². The lowest BCUT2D eigenvalue weighted by atomic mass is 10.0. The molecule has 11 heteroatoms. The van der Waals surface area contributed by atoms with Gasteiger partial charge in [0, 0.05) is 21.8 Å². The molecule has 0 aliphatic carbocycles. The lowest BCUT2D eigenvalue weighted by Gasteiger charge is -2.20. The first-order valence-electron chi connectivity index (χ1n) is 10.3. The molecule has 0 radical (unpaired) electrons. The first kappa shape index (κ1) is 24.8. The van der Waals surface area contributed by atoms with Gasteiger partial charge in [0.25, 0.3) is 5.91 Å². The third kappa shape index (κ3) is 7.08. The molecule has 3 rings (SSSR count). The summed E-state index contributed by atoms with van der Waals surface area (Å²) < 4.78 is 0.268. The fraction of sp³-hybridized carbons (Fsp3) is 0.318. The molecule has 1 fully saturated rings. The van der Waals surface area contributed by atoms with Crippen LogP contribution in [0.3, 0.4) is 0 Å². The van der Waals surface area contributed by atoms with E-state index in [2.05, 4.69) is 37.2 Å². The molecule has 2 unspecified atom stereocenters. The maximum Gasteiger partial charge on any atom is 0.305 e. The summed E-state index contributed by atoms with van der Waals surface area (Å²) in [5.74, 6) is -2.47. The second-order valence-corrected chi connectivity index (χ2v) is 8.89. The number of carbonyl (C=O) groups excluding carboxylic acids is 2. The molecule has 1 aliphatic rings. The molecule has 6 N–H and O–H groups in total. The summed E-state index contributed by atoms with van der Waals surface area (Å²) in [6, 6.07) is 8.72. The molecule has 2 amide bonds. The number of halogens is 2. The summed E-state index contributed by atoms with van der Waals surface area (Å²) in [4.78, 5) is 36.3. The first-order chi connectivity index (χ1) is 15.7. The number of rotatable bonds is 9. The molecule has 33 heavy (non-hydrogen) atoms. The van der Waals surface area contributed by atoms with Crippen molar-refractivity contribution in [2.45, 2.75) is 31.5 Å². The molecule has 176 valence electrons. The molecule has 0 spiro atoms. The highest BCUT2D eigenvalue weighted by atomic mass is 79.9. The Morgan fingerprint density at radius 2 is 2.03 bits per heavy atom. The SMILES string of the molecule is O=C(O)CC(NC(=O)CNC(=O)c1cccc(NC2CCCN2)c1)c1cc(Cl)cc(Br)c1O. The highest BCUT2D eigenvalue weighted by molar-refractivity contribution is 9.10. The lowest BCUT2D eigenvalue weighted by molar-refractivity contribution is -0.137. The normalized spacial score (nSPS) is 16.1. The van der Waals surface area contributed by atoms with E-state index in [-0.39, 0.29) is 33.5 Å². The van der Waals surface area contributed by atoms with Crippen molar-refractivity contribution in [1.29, 1.82) is 0 Å². The maximum absolute atomic E-state index is 12.5. The van der Waals surface area contributed by atoms with Gasteiger partial charge in [-0.25, -0.2) is 0 Å². The van der Waals surface area contributed by atoms with Crippen molar-refractivity contribution in [2.24, 2.45) is 0 Å². The zero-order valence-corrected chi connectivity index (χ0v) is 19.9. The fourth-order valence-corrected chi connectivity index (χ4v) is 4.37. The van der Waals surface area contributed by atoms with E-state index >= 15 is 0 Å². The minimum atomic E-state index is -1.18. The first-order valence-corrected chi connectivity index (χ1v) is 11.5. The van der Waals surface area contributed by atoms with Crippen molar-refractivity contribution >= 4 is 51.0 Å². The van der Waals surface area contributed by atoms with Crippen LogP contribution in [0.25, 0.3) is 0 Å². The Bertz CT molecular complexity index is 1050. The molecule has 2 atom stereocenters. The van der Waals surface area contributed by atoms with Crippen LogP contribution in [0.2, 0.25) is 5.02 Å². The Morgan fingerprint density at radius 3 is 2.73 bits per heavy atom. The van der Waals surface area contributed by atoms with Gasteiger partial charge in [0.1, 0.15) is 5.75 Å². The average Bonchev–Trinajstić information content (AvgIpc) is 3.27. The molecule has 0 aromatic heterocycles. The minimum Gasteiger partial charge on any atom is -0.506 e. The van der Waals surface area contributed by atoms with Gasteiger partial charge in [0.15, 0.2) is 0 Å². The predicted molar refractivity (Wildman–Crippen MR) is 127 cm³/mol. The Morgan fingerprint density at radius 1 is 1.24 bits per heavy atom. The van der Waals surface area contributed by atoms with Crippen molar-refractivity contribution in [1.82, 2.24) is 16.0 Å². The second-order valence-electron chi connectivity index (χ2n) is 7.60. The summed E-state index contributed by atoms with van der Waals surface area (Å²) >= 11 is 9.15. The van der Waals surface area contributed by atoms with E-state index in [1.165, 1.54) is 12.1 Å². The molecule has 1 saturated heterocycles. The molecule has 1 heterocycles. The predicted octanol–water partition coefficient (Wildman–Crippen LogP) is 2.99. The number of aromatic hydroxyl groups is 1. The largest absolute Gasteiger partial charge is 0.506 e. The van der Waals surface area contributed by atoms with Crippen LogP contribution in [0.5, 0.6) is 5.75 Å². The van der Waals surface area contributed by atoms with Gasteiger partial charge in [0.05, 0.1) is 29.6 Å².